The van der Waals surface area contributed by atoms with Gasteiger partial charge in [0.2, 0.25) is 0 Å². The molecule has 1 aromatic heterocycles. The summed E-state index contributed by atoms with van der Waals surface area (Å²) in [5.41, 5.74) is 1.22. The molecule has 0 aliphatic carbocycles. The minimum atomic E-state index is -0.385. The Labute approximate surface area is 102 Å². The highest BCUT2D eigenvalue weighted by Crippen LogP contribution is 2.23. The van der Waals surface area contributed by atoms with Crippen LogP contribution in [0.25, 0.3) is 0 Å². The second-order valence-electron chi connectivity index (χ2n) is 3.44. The average Bonchev–Trinajstić information content (AvgIpc) is 2.17. The molecule has 1 unspecified atom stereocenters. The van der Waals surface area contributed by atoms with Gasteiger partial charge in [0.15, 0.2) is 0 Å². The molecule has 0 N–H and O–H groups in total. The number of aromatic nitrogens is 1. The van der Waals surface area contributed by atoms with Gasteiger partial charge in [-0.2, -0.15) is 0 Å². The van der Waals surface area contributed by atoms with Gasteiger partial charge in [-0.1, -0.05) is 15.9 Å². The molecule has 0 bridgehead atoms. The second-order valence-corrected chi connectivity index (χ2v) is 4.73. The highest BCUT2D eigenvalue weighted by molar-refractivity contribution is 9.09. The maximum atomic E-state index is 10.9. The van der Waals surface area contributed by atoms with Crippen molar-refractivity contribution in [3.8, 4) is 0 Å². The van der Waals surface area contributed by atoms with Gasteiger partial charge < -0.3 is 4.74 Å². The summed E-state index contributed by atoms with van der Waals surface area (Å²) in [5.74, 6) is 0. The van der Waals surface area contributed by atoms with Crippen LogP contribution in [0.3, 0.4) is 0 Å². The molecule has 88 valence electrons. The van der Waals surface area contributed by atoms with E-state index in [2.05, 4.69) is 20.9 Å². The summed E-state index contributed by atoms with van der Waals surface area (Å²) in [6.45, 7) is 2.20. The van der Waals surface area contributed by atoms with Gasteiger partial charge in [0.05, 0.1) is 11.5 Å². The first kappa shape index (κ1) is 13.1. The van der Waals surface area contributed by atoms with Gasteiger partial charge in [-0.15, -0.1) is 0 Å². The number of hydrogen-bond donors (Lipinski definition) is 0. The molecule has 6 heteroatoms. The van der Waals surface area contributed by atoms with Crippen molar-refractivity contribution in [2.75, 3.05) is 13.7 Å². The number of ether oxygens (including phenoxy) is 1. The molecule has 0 amide bonds. The van der Waals surface area contributed by atoms with E-state index in [4.69, 9.17) is 4.74 Å². The van der Waals surface area contributed by atoms with E-state index in [-0.39, 0.29) is 15.4 Å². The maximum absolute atomic E-state index is 10.9. The van der Waals surface area contributed by atoms with Crippen LogP contribution >= 0.6 is 15.9 Å². The van der Waals surface area contributed by atoms with E-state index in [1.54, 1.807) is 26.3 Å². The van der Waals surface area contributed by atoms with Gasteiger partial charge in [-0.3, -0.25) is 15.1 Å². The number of hydrogen-bond acceptors (Lipinski definition) is 4. The number of pyridine rings is 1. The molecule has 0 fully saturated rings. The lowest BCUT2D eigenvalue weighted by molar-refractivity contribution is -0.386. The van der Waals surface area contributed by atoms with Crippen LogP contribution in [0, 0.1) is 17.0 Å². The summed E-state index contributed by atoms with van der Waals surface area (Å²) < 4.78 is 4.96. The van der Waals surface area contributed by atoms with Crippen LogP contribution in [-0.2, 0) is 11.2 Å². The van der Waals surface area contributed by atoms with Crippen LogP contribution in [0.15, 0.2) is 12.3 Å². The smallest absolute Gasteiger partial charge is 0.293 e. The molecule has 1 aromatic rings. The van der Waals surface area contributed by atoms with Gasteiger partial charge in [0.1, 0.15) is 5.69 Å². The van der Waals surface area contributed by atoms with Gasteiger partial charge in [-0.05, 0) is 13.0 Å². The molecule has 0 saturated heterocycles. The van der Waals surface area contributed by atoms with Gasteiger partial charge >= 0.3 is 0 Å². The zero-order chi connectivity index (χ0) is 12.1. The zero-order valence-corrected chi connectivity index (χ0v) is 10.7. The molecule has 1 rings (SSSR count). The second kappa shape index (κ2) is 5.91. The standard InChI is InChI=1S/C10H13BrN2O3/c1-7-3-4-12-9(10(7)13(14)15)5-8(11)6-16-2/h3-4,8H,5-6H2,1-2H3. The molecule has 0 radical (unpaired) electrons. The summed E-state index contributed by atoms with van der Waals surface area (Å²) >= 11 is 3.40. The molecular formula is C10H13BrN2O3. The van der Waals surface area contributed by atoms with Crippen LogP contribution in [-0.4, -0.2) is 28.5 Å². The van der Waals surface area contributed by atoms with Crippen molar-refractivity contribution < 1.29 is 9.66 Å². The van der Waals surface area contributed by atoms with Crippen LogP contribution in [0.5, 0.6) is 0 Å². The topological polar surface area (TPSA) is 65.3 Å². The Morgan fingerprint density at radius 1 is 1.69 bits per heavy atom. The number of halogens is 1. The first-order valence-corrected chi connectivity index (χ1v) is 5.69. The molecule has 0 aliphatic heterocycles. The SMILES string of the molecule is COCC(Br)Cc1nccc(C)c1[N+](=O)[O-]. The molecule has 5 nitrogen and oxygen atoms in total. The normalized spacial score (nSPS) is 12.4. The van der Waals surface area contributed by atoms with Gasteiger partial charge in [0, 0.05) is 30.1 Å². The Bertz CT molecular complexity index is 384. The maximum Gasteiger partial charge on any atom is 0.293 e. The lowest BCUT2D eigenvalue weighted by atomic mass is 10.1. The third kappa shape index (κ3) is 3.24. The highest BCUT2D eigenvalue weighted by atomic mass is 79.9. The van der Waals surface area contributed by atoms with E-state index >= 15 is 0 Å². The molecule has 0 aliphatic rings. The van der Waals surface area contributed by atoms with Crippen LogP contribution in [0.1, 0.15) is 11.3 Å². The lowest BCUT2D eigenvalue weighted by Gasteiger charge is -2.08. The fourth-order valence-corrected chi connectivity index (χ4v) is 2.03. The summed E-state index contributed by atoms with van der Waals surface area (Å²) in [6.07, 6.45) is 2.07. The minimum Gasteiger partial charge on any atom is -0.384 e. The van der Waals surface area contributed by atoms with Crippen molar-refractivity contribution in [3.05, 3.63) is 33.6 Å². The van der Waals surface area contributed by atoms with E-state index < -0.39 is 0 Å². The molecule has 1 heterocycles. The van der Waals surface area contributed by atoms with Crippen LogP contribution in [0.2, 0.25) is 0 Å². The molecule has 0 spiro atoms. The Kier molecular flexibility index (Phi) is 4.82. The molecule has 0 aromatic carbocycles. The Balaban J connectivity index is 2.95. The number of rotatable bonds is 5. The zero-order valence-electron chi connectivity index (χ0n) is 9.14. The first-order chi connectivity index (χ1) is 7.56. The number of methoxy groups -OCH3 is 1. The Morgan fingerprint density at radius 3 is 2.94 bits per heavy atom. The third-order valence-corrected chi connectivity index (χ3v) is 2.73. The first-order valence-electron chi connectivity index (χ1n) is 4.78. The van der Waals surface area contributed by atoms with Crippen molar-refractivity contribution in [2.45, 2.75) is 18.2 Å². The largest absolute Gasteiger partial charge is 0.384 e. The van der Waals surface area contributed by atoms with Crippen molar-refractivity contribution in [1.82, 2.24) is 4.98 Å². The predicted molar refractivity (Wildman–Crippen MR) is 63.9 cm³/mol. The quantitative estimate of drug-likeness (QED) is 0.474. The molecule has 0 saturated carbocycles. The summed E-state index contributed by atoms with van der Waals surface area (Å²) in [4.78, 5) is 14.6. The predicted octanol–water partition coefficient (Wildman–Crippen LogP) is 2.25. The van der Waals surface area contributed by atoms with Crippen molar-refractivity contribution >= 4 is 21.6 Å². The Hall–Kier alpha value is -1.01. The Morgan fingerprint density at radius 2 is 2.38 bits per heavy atom. The van der Waals surface area contributed by atoms with Crippen molar-refractivity contribution in [2.24, 2.45) is 0 Å². The number of nitrogens with zero attached hydrogens (tertiary/aromatic N) is 2. The molecule has 1 atom stereocenters. The highest BCUT2D eigenvalue weighted by Gasteiger charge is 2.20. The summed E-state index contributed by atoms with van der Waals surface area (Å²) in [7, 11) is 1.59. The minimum absolute atomic E-state index is 0.0329. The number of alkyl halides is 1. The number of aryl methyl sites for hydroxylation is 1. The summed E-state index contributed by atoms with van der Waals surface area (Å²) in [6, 6.07) is 1.64. The van der Waals surface area contributed by atoms with Gasteiger partial charge in [-0.25, -0.2) is 0 Å². The van der Waals surface area contributed by atoms with E-state index in [0.717, 1.165) is 0 Å². The van der Waals surface area contributed by atoms with E-state index in [9.17, 15) is 10.1 Å². The van der Waals surface area contributed by atoms with E-state index in [1.165, 1.54) is 0 Å². The number of nitro groups is 1. The van der Waals surface area contributed by atoms with E-state index in [0.29, 0.717) is 24.3 Å². The van der Waals surface area contributed by atoms with Crippen molar-refractivity contribution in [3.63, 3.8) is 0 Å². The monoisotopic (exact) mass is 288 g/mol. The lowest BCUT2D eigenvalue weighted by Crippen LogP contribution is -2.13. The fraction of sp³-hybridized carbons (Fsp3) is 0.500. The third-order valence-electron chi connectivity index (χ3n) is 2.15. The summed E-state index contributed by atoms with van der Waals surface area (Å²) in [5, 5.41) is 10.9. The molecular weight excluding hydrogens is 276 g/mol. The van der Waals surface area contributed by atoms with Gasteiger partial charge in [0.25, 0.3) is 5.69 Å². The van der Waals surface area contributed by atoms with E-state index in [1.807, 2.05) is 0 Å². The average molecular weight is 289 g/mol. The van der Waals surface area contributed by atoms with Crippen LogP contribution < -0.4 is 0 Å². The fourth-order valence-electron chi connectivity index (χ4n) is 1.46. The van der Waals surface area contributed by atoms with Crippen molar-refractivity contribution in [1.29, 1.82) is 0 Å². The molecule has 16 heavy (non-hydrogen) atoms. The van der Waals surface area contributed by atoms with Crippen LogP contribution in [0.4, 0.5) is 5.69 Å².